The first kappa shape index (κ1) is 18.8. The summed E-state index contributed by atoms with van der Waals surface area (Å²) in [4.78, 5) is 15.2. The second kappa shape index (κ2) is 7.54. The Morgan fingerprint density at radius 2 is 1.89 bits per heavy atom. The van der Waals surface area contributed by atoms with Crippen molar-refractivity contribution in [3.05, 3.63) is 0 Å². The zero-order valence-electron chi connectivity index (χ0n) is 17.1. The van der Waals surface area contributed by atoms with Gasteiger partial charge < -0.3 is 10.2 Å². The number of amides is 1. The predicted molar refractivity (Wildman–Crippen MR) is 112 cm³/mol. The first-order chi connectivity index (χ1) is 13.6. The van der Waals surface area contributed by atoms with Gasteiger partial charge >= 0.3 is 0 Å². The molecular weight excluding hydrogens is 370 g/mol. The van der Waals surface area contributed by atoms with Gasteiger partial charge in [0.2, 0.25) is 11.9 Å². The van der Waals surface area contributed by atoms with Gasteiger partial charge in [0.15, 0.2) is 5.16 Å². The summed E-state index contributed by atoms with van der Waals surface area (Å²) in [6.45, 7) is 6.37. The number of rotatable bonds is 7. The maximum absolute atomic E-state index is 12.9. The number of nitrogens with zero attached hydrogens (tertiary/aromatic N) is 4. The summed E-state index contributed by atoms with van der Waals surface area (Å²) in [5.74, 6) is 3.60. The van der Waals surface area contributed by atoms with E-state index in [1.165, 1.54) is 51.4 Å². The number of aromatic nitrogens is 3. The summed E-state index contributed by atoms with van der Waals surface area (Å²) in [6.07, 6.45) is 10.3. The molecule has 1 N–H and O–H groups in total. The van der Waals surface area contributed by atoms with Crippen LogP contribution < -0.4 is 10.2 Å². The number of carbonyl (C=O) groups excluding carboxylic acids is 1. The van der Waals surface area contributed by atoms with Gasteiger partial charge in [-0.05, 0) is 76.5 Å². The second-order valence-corrected chi connectivity index (χ2v) is 10.8. The molecule has 5 atom stereocenters. The lowest BCUT2D eigenvalue weighted by atomic mass is 9.84. The fraction of sp³-hybridized carbons (Fsp3) is 0.857. The molecule has 3 aliphatic carbocycles. The minimum absolute atomic E-state index is 0.144. The fourth-order valence-corrected chi connectivity index (χ4v) is 6.62. The van der Waals surface area contributed by atoms with Crippen LogP contribution in [0.3, 0.4) is 0 Å². The molecule has 2 heterocycles. The molecule has 4 aliphatic rings. The van der Waals surface area contributed by atoms with Gasteiger partial charge in [-0.2, -0.15) is 0 Å². The number of nitrogens with one attached hydrogen (secondary N) is 1. The van der Waals surface area contributed by atoms with Gasteiger partial charge in [0.05, 0.1) is 5.25 Å². The van der Waals surface area contributed by atoms with Gasteiger partial charge in [-0.15, -0.1) is 10.2 Å². The Bertz CT molecular complexity index is 726. The number of fused-ring (bicyclic) bond motifs is 2. The third-order valence-electron chi connectivity index (χ3n) is 7.40. The summed E-state index contributed by atoms with van der Waals surface area (Å²) in [6, 6.07) is 0.809. The van der Waals surface area contributed by atoms with Crippen LogP contribution in [0.1, 0.15) is 71.3 Å². The smallest absolute Gasteiger partial charge is 0.233 e. The molecule has 5 rings (SSSR count). The molecule has 6 nitrogen and oxygen atoms in total. The highest BCUT2D eigenvalue weighted by atomic mass is 32.2. The summed E-state index contributed by atoms with van der Waals surface area (Å²) in [7, 11) is 0. The van der Waals surface area contributed by atoms with Crippen molar-refractivity contribution in [2.24, 2.45) is 17.8 Å². The standard InChI is InChI=1S/C21H33N5OS/c1-13(18-12-15-5-6-16(18)11-15)22-19(27)14(2)28-21-24-23-20(25-9-3-4-10-25)26(21)17-7-8-17/h13-18H,3-12H2,1-2H3,(H,22,27). The average Bonchev–Trinajstić information content (AvgIpc) is 3.14. The number of anilines is 1. The van der Waals surface area contributed by atoms with Gasteiger partial charge in [0.25, 0.3) is 0 Å². The van der Waals surface area contributed by atoms with Gasteiger partial charge in [0, 0.05) is 25.2 Å². The molecular formula is C21H33N5OS. The van der Waals surface area contributed by atoms with Crippen molar-refractivity contribution in [2.75, 3.05) is 18.0 Å². The Kier molecular flexibility index (Phi) is 5.06. The molecule has 4 fully saturated rings. The van der Waals surface area contributed by atoms with Crippen LogP contribution in [0, 0.1) is 17.8 Å². The molecule has 1 aromatic heterocycles. The van der Waals surface area contributed by atoms with Crippen LogP contribution in [0.2, 0.25) is 0 Å². The quantitative estimate of drug-likeness (QED) is 0.704. The van der Waals surface area contributed by atoms with Crippen LogP contribution in [-0.4, -0.2) is 45.1 Å². The van der Waals surface area contributed by atoms with E-state index < -0.39 is 0 Å². The second-order valence-electron chi connectivity index (χ2n) is 9.47. The van der Waals surface area contributed by atoms with Crippen molar-refractivity contribution in [3.8, 4) is 0 Å². The van der Waals surface area contributed by atoms with Crippen molar-refractivity contribution in [2.45, 2.75) is 87.7 Å². The van der Waals surface area contributed by atoms with E-state index in [4.69, 9.17) is 0 Å². The molecule has 0 spiro atoms. The Morgan fingerprint density at radius 3 is 2.54 bits per heavy atom. The Labute approximate surface area is 172 Å². The van der Waals surface area contributed by atoms with E-state index in [2.05, 4.69) is 31.9 Å². The number of hydrogen-bond acceptors (Lipinski definition) is 5. The van der Waals surface area contributed by atoms with Crippen LogP contribution in [0.4, 0.5) is 5.95 Å². The fourth-order valence-electron chi connectivity index (χ4n) is 5.70. The minimum Gasteiger partial charge on any atom is -0.352 e. The van der Waals surface area contributed by atoms with Crippen molar-refractivity contribution in [3.63, 3.8) is 0 Å². The molecule has 2 bridgehead atoms. The minimum atomic E-state index is -0.144. The van der Waals surface area contributed by atoms with E-state index in [9.17, 15) is 4.79 Å². The summed E-state index contributed by atoms with van der Waals surface area (Å²) < 4.78 is 2.30. The number of thioether (sulfide) groups is 1. The highest BCUT2D eigenvalue weighted by molar-refractivity contribution is 8.00. The van der Waals surface area contributed by atoms with E-state index in [1.807, 2.05) is 6.92 Å². The Morgan fingerprint density at radius 1 is 1.11 bits per heavy atom. The van der Waals surface area contributed by atoms with E-state index >= 15 is 0 Å². The van der Waals surface area contributed by atoms with E-state index in [-0.39, 0.29) is 17.2 Å². The summed E-state index contributed by atoms with van der Waals surface area (Å²) >= 11 is 1.58. The molecule has 0 aromatic carbocycles. The molecule has 1 aliphatic heterocycles. The molecule has 1 aromatic rings. The molecule has 0 radical (unpaired) electrons. The monoisotopic (exact) mass is 403 g/mol. The maximum Gasteiger partial charge on any atom is 0.233 e. The lowest BCUT2D eigenvalue weighted by molar-refractivity contribution is -0.121. The highest BCUT2D eigenvalue weighted by Gasteiger charge is 2.42. The van der Waals surface area contributed by atoms with E-state index in [1.54, 1.807) is 11.8 Å². The molecule has 5 unspecified atom stereocenters. The lowest BCUT2D eigenvalue weighted by Crippen LogP contribution is -2.43. The van der Waals surface area contributed by atoms with Crippen molar-refractivity contribution in [1.82, 2.24) is 20.1 Å². The normalized spacial score (nSPS) is 31.4. The maximum atomic E-state index is 12.9. The SMILES string of the molecule is CC(Sc1nnc(N2CCCC2)n1C1CC1)C(=O)NC(C)C1CC2CCC1C2. The zero-order chi connectivity index (χ0) is 19.3. The van der Waals surface area contributed by atoms with Crippen LogP contribution in [-0.2, 0) is 4.79 Å². The molecule has 1 amide bonds. The average molecular weight is 404 g/mol. The summed E-state index contributed by atoms with van der Waals surface area (Å²) in [5.41, 5.74) is 0. The Balaban J connectivity index is 1.22. The van der Waals surface area contributed by atoms with Crippen LogP contribution >= 0.6 is 11.8 Å². The van der Waals surface area contributed by atoms with Crippen molar-refractivity contribution in [1.29, 1.82) is 0 Å². The third kappa shape index (κ3) is 3.55. The molecule has 28 heavy (non-hydrogen) atoms. The predicted octanol–water partition coefficient (Wildman–Crippen LogP) is 3.63. The first-order valence-corrected chi connectivity index (χ1v) is 12.1. The van der Waals surface area contributed by atoms with Gasteiger partial charge in [-0.3, -0.25) is 9.36 Å². The largest absolute Gasteiger partial charge is 0.352 e. The van der Waals surface area contributed by atoms with E-state index in [0.29, 0.717) is 12.0 Å². The molecule has 1 saturated heterocycles. The number of carbonyl (C=O) groups is 1. The topological polar surface area (TPSA) is 63.1 Å². The van der Waals surface area contributed by atoms with Gasteiger partial charge in [-0.25, -0.2) is 0 Å². The lowest BCUT2D eigenvalue weighted by Gasteiger charge is -2.29. The zero-order valence-corrected chi connectivity index (χ0v) is 18.0. The molecule has 7 heteroatoms. The van der Waals surface area contributed by atoms with Crippen LogP contribution in [0.25, 0.3) is 0 Å². The molecule has 3 saturated carbocycles. The highest BCUT2D eigenvalue weighted by Crippen LogP contribution is 2.49. The first-order valence-electron chi connectivity index (χ1n) is 11.3. The summed E-state index contributed by atoms with van der Waals surface area (Å²) in [5, 5.41) is 13.1. The van der Waals surface area contributed by atoms with E-state index in [0.717, 1.165) is 36.0 Å². The molecule has 154 valence electrons. The van der Waals surface area contributed by atoms with Crippen molar-refractivity contribution < 1.29 is 4.79 Å². The number of hydrogen-bond donors (Lipinski definition) is 1. The van der Waals surface area contributed by atoms with Gasteiger partial charge in [0.1, 0.15) is 0 Å². The van der Waals surface area contributed by atoms with Gasteiger partial charge in [-0.1, -0.05) is 18.2 Å². The third-order valence-corrected chi connectivity index (χ3v) is 8.46. The van der Waals surface area contributed by atoms with Crippen molar-refractivity contribution >= 4 is 23.6 Å². The Hall–Kier alpha value is -1.24. The van der Waals surface area contributed by atoms with Crippen LogP contribution in [0.5, 0.6) is 0 Å². The van der Waals surface area contributed by atoms with Crippen LogP contribution in [0.15, 0.2) is 5.16 Å².